The highest BCUT2D eigenvalue weighted by atomic mass is 32.1. The Bertz CT molecular complexity index is 1340. The van der Waals surface area contributed by atoms with Gasteiger partial charge in [0.2, 0.25) is 5.91 Å². The van der Waals surface area contributed by atoms with Crippen LogP contribution in [0, 0.1) is 10.1 Å². The fourth-order valence-electron chi connectivity index (χ4n) is 4.35. The molecule has 1 aliphatic heterocycles. The number of nitro benzene ring substituents is 1. The summed E-state index contributed by atoms with van der Waals surface area (Å²) in [4.78, 5) is 32.4. The number of anilines is 1. The second kappa shape index (κ2) is 9.74. The van der Waals surface area contributed by atoms with Gasteiger partial charge in [-0.3, -0.25) is 19.8 Å². The molecule has 0 aliphatic carbocycles. The Morgan fingerprint density at radius 2 is 1.85 bits per heavy atom. The number of aromatic nitrogens is 1. The quantitative estimate of drug-likeness (QED) is 0.323. The topological polar surface area (TPSA) is 91.6 Å². The van der Waals surface area contributed by atoms with Crippen molar-refractivity contribution in [2.24, 2.45) is 0 Å². The summed E-state index contributed by atoms with van der Waals surface area (Å²) in [5.41, 5.74) is 1.93. The van der Waals surface area contributed by atoms with Crippen molar-refractivity contribution < 1.29 is 9.72 Å². The number of nitro groups is 1. The number of non-ortho nitro benzene ring substituents is 1. The van der Waals surface area contributed by atoms with Gasteiger partial charge in [0, 0.05) is 51.4 Å². The predicted molar refractivity (Wildman–Crippen MR) is 136 cm³/mol. The van der Waals surface area contributed by atoms with Crippen LogP contribution in [0.2, 0.25) is 0 Å². The Hall–Kier alpha value is -3.56. The molecule has 3 aromatic carbocycles. The molecule has 2 heterocycles. The van der Waals surface area contributed by atoms with E-state index in [4.69, 9.17) is 0 Å². The molecule has 1 fully saturated rings. The average Bonchev–Trinajstić information content (AvgIpc) is 3.28. The number of rotatable bonds is 7. The molecule has 0 radical (unpaired) electrons. The van der Waals surface area contributed by atoms with Crippen molar-refractivity contribution in [1.82, 2.24) is 15.2 Å². The molecule has 5 rings (SSSR count). The summed E-state index contributed by atoms with van der Waals surface area (Å²) in [6.07, 6.45) is 0.380. The third kappa shape index (κ3) is 4.85. The lowest BCUT2D eigenvalue weighted by atomic mass is 10.0. The Morgan fingerprint density at radius 1 is 1.06 bits per heavy atom. The highest BCUT2D eigenvalue weighted by molar-refractivity contribution is 7.22. The van der Waals surface area contributed by atoms with Gasteiger partial charge in [-0.1, -0.05) is 53.8 Å². The van der Waals surface area contributed by atoms with Gasteiger partial charge in [-0.25, -0.2) is 4.98 Å². The van der Waals surface area contributed by atoms with E-state index in [0.717, 1.165) is 64.4 Å². The molecule has 1 N–H and O–H groups in total. The molecule has 0 saturated carbocycles. The van der Waals surface area contributed by atoms with Crippen molar-refractivity contribution in [2.75, 3.05) is 44.2 Å². The van der Waals surface area contributed by atoms with Crippen LogP contribution in [0.15, 0.2) is 60.7 Å². The first-order valence-corrected chi connectivity index (χ1v) is 12.1. The molecule has 0 bridgehead atoms. The van der Waals surface area contributed by atoms with Crippen molar-refractivity contribution >= 4 is 49.1 Å². The molecule has 0 unspecified atom stereocenters. The lowest BCUT2D eigenvalue weighted by Crippen LogP contribution is -2.48. The third-order valence-corrected chi connectivity index (χ3v) is 7.27. The van der Waals surface area contributed by atoms with E-state index in [1.807, 2.05) is 24.3 Å². The second-order valence-electron chi connectivity index (χ2n) is 8.40. The average molecular weight is 476 g/mol. The zero-order chi connectivity index (χ0) is 23.5. The van der Waals surface area contributed by atoms with Crippen molar-refractivity contribution in [3.63, 3.8) is 0 Å². The van der Waals surface area contributed by atoms with Crippen LogP contribution in [0.5, 0.6) is 0 Å². The number of hydrogen-bond acceptors (Lipinski definition) is 7. The van der Waals surface area contributed by atoms with Gasteiger partial charge in [0.1, 0.15) is 0 Å². The molecule has 1 aromatic heterocycles. The number of nitrogens with zero attached hydrogens (tertiary/aromatic N) is 4. The summed E-state index contributed by atoms with van der Waals surface area (Å²) in [6, 6.07) is 19.0. The van der Waals surface area contributed by atoms with E-state index in [9.17, 15) is 14.9 Å². The molecule has 1 saturated heterocycles. The predicted octanol–water partition coefficient (Wildman–Crippen LogP) is 3.84. The van der Waals surface area contributed by atoms with Gasteiger partial charge in [0.05, 0.1) is 21.6 Å². The normalized spacial score (nSPS) is 14.5. The summed E-state index contributed by atoms with van der Waals surface area (Å²) in [5.74, 6) is 0.0403. The van der Waals surface area contributed by atoms with Gasteiger partial charge >= 0.3 is 0 Å². The maximum Gasteiger partial charge on any atom is 0.270 e. The second-order valence-corrected chi connectivity index (χ2v) is 9.41. The summed E-state index contributed by atoms with van der Waals surface area (Å²) < 4.78 is 0.834. The number of hydrogen-bond donors (Lipinski definition) is 1. The van der Waals surface area contributed by atoms with Gasteiger partial charge in [0.15, 0.2) is 5.13 Å². The number of piperazine rings is 1. The fraction of sp³-hybridized carbons (Fsp3) is 0.280. The number of carbonyl (C=O) groups is 1. The Labute approximate surface area is 201 Å². The number of nitrogens with one attached hydrogen (secondary N) is 1. The lowest BCUT2D eigenvalue weighted by Gasteiger charge is -2.34. The molecule has 0 atom stereocenters. The summed E-state index contributed by atoms with van der Waals surface area (Å²) >= 11 is 1.49. The van der Waals surface area contributed by atoms with Crippen molar-refractivity contribution in [2.45, 2.75) is 6.42 Å². The Morgan fingerprint density at radius 3 is 2.68 bits per heavy atom. The number of amides is 1. The van der Waals surface area contributed by atoms with Crippen molar-refractivity contribution in [3.8, 4) is 0 Å². The highest BCUT2D eigenvalue weighted by Crippen LogP contribution is 2.31. The molecule has 4 aromatic rings. The maximum absolute atomic E-state index is 12.5. The van der Waals surface area contributed by atoms with E-state index >= 15 is 0 Å². The van der Waals surface area contributed by atoms with Crippen LogP contribution in [0.4, 0.5) is 10.8 Å². The molecular weight excluding hydrogens is 450 g/mol. The van der Waals surface area contributed by atoms with E-state index in [2.05, 4.69) is 38.3 Å². The molecular formula is C25H25N5O3S. The zero-order valence-corrected chi connectivity index (χ0v) is 19.5. The summed E-state index contributed by atoms with van der Waals surface area (Å²) in [7, 11) is 0. The van der Waals surface area contributed by atoms with Crippen LogP contribution in [-0.4, -0.2) is 60.0 Å². The van der Waals surface area contributed by atoms with E-state index in [-0.39, 0.29) is 16.5 Å². The van der Waals surface area contributed by atoms with Crippen LogP contribution >= 0.6 is 11.3 Å². The van der Waals surface area contributed by atoms with Gasteiger partial charge in [-0.2, -0.15) is 0 Å². The first-order valence-electron chi connectivity index (χ1n) is 11.3. The number of thiazole rings is 1. The van der Waals surface area contributed by atoms with Gasteiger partial charge < -0.3 is 10.2 Å². The van der Waals surface area contributed by atoms with Gasteiger partial charge in [-0.05, 0) is 22.4 Å². The molecule has 0 spiro atoms. The molecule has 8 nitrogen and oxygen atoms in total. The monoisotopic (exact) mass is 475 g/mol. The minimum absolute atomic E-state index is 0.0403. The lowest BCUT2D eigenvalue weighted by molar-refractivity contribution is -0.384. The summed E-state index contributed by atoms with van der Waals surface area (Å²) in [6.45, 7) is 4.87. The molecule has 1 amide bonds. The van der Waals surface area contributed by atoms with Crippen LogP contribution in [0.1, 0.15) is 5.56 Å². The molecule has 9 heteroatoms. The largest absolute Gasteiger partial charge is 0.355 e. The standard InChI is InChI=1S/C25H25N5O3S/c31-24(16-19-6-3-5-18-4-1-2-7-21(18)19)26-10-11-28-12-14-29(15-13-28)25-27-22-9-8-20(30(32)33)17-23(22)34-25/h1-9,17H,10-16H2,(H,26,31). The third-order valence-electron chi connectivity index (χ3n) is 6.20. The number of benzene rings is 3. The molecule has 174 valence electrons. The highest BCUT2D eigenvalue weighted by Gasteiger charge is 2.20. The minimum atomic E-state index is -0.377. The number of carbonyl (C=O) groups excluding carboxylic acids is 1. The summed E-state index contributed by atoms with van der Waals surface area (Å²) in [5, 5.41) is 17.2. The Balaban J connectivity index is 1.10. The molecule has 34 heavy (non-hydrogen) atoms. The van der Waals surface area contributed by atoms with Crippen LogP contribution in [0.25, 0.3) is 21.0 Å². The minimum Gasteiger partial charge on any atom is -0.355 e. The van der Waals surface area contributed by atoms with Gasteiger partial charge in [-0.15, -0.1) is 0 Å². The fourth-order valence-corrected chi connectivity index (χ4v) is 5.40. The van der Waals surface area contributed by atoms with Crippen LogP contribution in [0.3, 0.4) is 0 Å². The van der Waals surface area contributed by atoms with E-state index in [0.29, 0.717) is 13.0 Å². The Kier molecular flexibility index (Phi) is 6.37. The number of fused-ring (bicyclic) bond motifs is 2. The smallest absolute Gasteiger partial charge is 0.270 e. The van der Waals surface area contributed by atoms with Crippen LogP contribution in [-0.2, 0) is 11.2 Å². The van der Waals surface area contributed by atoms with Crippen molar-refractivity contribution in [1.29, 1.82) is 0 Å². The zero-order valence-electron chi connectivity index (χ0n) is 18.6. The van der Waals surface area contributed by atoms with Crippen molar-refractivity contribution in [3.05, 3.63) is 76.3 Å². The first kappa shape index (κ1) is 22.2. The molecule has 1 aliphatic rings. The van der Waals surface area contributed by atoms with E-state index < -0.39 is 0 Å². The van der Waals surface area contributed by atoms with Gasteiger partial charge in [0.25, 0.3) is 5.69 Å². The van der Waals surface area contributed by atoms with Crippen LogP contribution < -0.4 is 10.2 Å². The first-order chi connectivity index (χ1) is 16.6. The SMILES string of the molecule is O=C(Cc1cccc2ccccc12)NCCN1CCN(c2nc3ccc([N+](=O)[O-])cc3s2)CC1. The van der Waals surface area contributed by atoms with E-state index in [1.165, 1.54) is 17.4 Å². The maximum atomic E-state index is 12.5. The van der Waals surface area contributed by atoms with E-state index in [1.54, 1.807) is 12.1 Å².